The highest BCUT2D eigenvalue weighted by Crippen LogP contribution is 2.28. The molecule has 2 aromatic carbocycles. The van der Waals surface area contributed by atoms with Crippen molar-refractivity contribution in [3.63, 3.8) is 0 Å². The highest BCUT2D eigenvalue weighted by molar-refractivity contribution is 7.89. The van der Waals surface area contributed by atoms with Crippen LogP contribution in [0.1, 0.15) is 0 Å². The van der Waals surface area contributed by atoms with Gasteiger partial charge in [-0.15, -0.1) is 0 Å². The fourth-order valence-electron chi connectivity index (χ4n) is 1.53. The predicted octanol–water partition coefficient (Wildman–Crippen LogP) is 2.50. The molecule has 0 aromatic heterocycles. The molecule has 0 heterocycles. The summed E-state index contributed by atoms with van der Waals surface area (Å²) in [5.74, 6) is -0.176. The molecule has 2 aromatic rings. The Morgan fingerprint density at radius 2 is 1.70 bits per heavy atom. The van der Waals surface area contributed by atoms with Crippen LogP contribution in [0.4, 0.5) is 10.1 Å². The highest BCUT2D eigenvalue weighted by atomic mass is 35.5. The maximum absolute atomic E-state index is 13.2. The monoisotopic (exact) mass is 316 g/mol. The van der Waals surface area contributed by atoms with Crippen LogP contribution in [0.25, 0.3) is 0 Å². The molecule has 0 bridgehead atoms. The molecule has 2 rings (SSSR count). The Morgan fingerprint density at radius 3 is 2.25 bits per heavy atom. The van der Waals surface area contributed by atoms with E-state index in [-0.39, 0.29) is 27.1 Å². The Kier molecular flexibility index (Phi) is 3.85. The number of hydrogen-bond donors (Lipinski definition) is 2. The smallest absolute Gasteiger partial charge is 0.240 e. The van der Waals surface area contributed by atoms with Gasteiger partial charge in [-0.05, 0) is 24.3 Å². The van der Waals surface area contributed by atoms with E-state index in [0.29, 0.717) is 0 Å². The third-order valence-electron chi connectivity index (χ3n) is 2.41. The first-order chi connectivity index (χ1) is 9.27. The lowest BCUT2D eigenvalue weighted by atomic mass is 10.3. The van der Waals surface area contributed by atoms with Gasteiger partial charge in [0.15, 0.2) is 0 Å². The zero-order chi connectivity index (χ0) is 14.9. The summed E-state index contributed by atoms with van der Waals surface area (Å²) in [6.45, 7) is 0. The largest absolute Gasteiger partial charge is 0.457 e. The molecule has 0 spiro atoms. The molecule has 0 atom stereocenters. The molecular formula is C12H10ClFN2O3S. The fourth-order valence-corrected chi connectivity index (χ4v) is 2.29. The molecular weight excluding hydrogens is 307 g/mol. The number of sulfonamides is 1. The van der Waals surface area contributed by atoms with Gasteiger partial charge in [0.25, 0.3) is 0 Å². The molecule has 0 aliphatic carbocycles. The van der Waals surface area contributed by atoms with Gasteiger partial charge >= 0.3 is 0 Å². The van der Waals surface area contributed by atoms with Gasteiger partial charge in [-0.25, -0.2) is 17.9 Å². The molecule has 0 saturated carbocycles. The molecule has 0 amide bonds. The molecule has 0 aliphatic heterocycles. The second kappa shape index (κ2) is 5.28. The molecule has 106 valence electrons. The van der Waals surface area contributed by atoms with Crippen molar-refractivity contribution in [2.45, 2.75) is 4.90 Å². The van der Waals surface area contributed by atoms with Crippen molar-refractivity contribution >= 4 is 27.3 Å². The normalized spacial score (nSPS) is 11.3. The Balaban J connectivity index is 2.31. The van der Waals surface area contributed by atoms with Crippen molar-refractivity contribution < 1.29 is 17.5 Å². The molecule has 5 nitrogen and oxygen atoms in total. The summed E-state index contributed by atoms with van der Waals surface area (Å²) in [6.07, 6.45) is 0. The van der Waals surface area contributed by atoms with Crippen LogP contribution >= 0.6 is 11.6 Å². The average Bonchev–Trinajstić information content (AvgIpc) is 2.32. The maximum atomic E-state index is 13.2. The first kappa shape index (κ1) is 14.6. The van der Waals surface area contributed by atoms with Crippen LogP contribution in [0.3, 0.4) is 0 Å². The van der Waals surface area contributed by atoms with E-state index in [0.717, 1.165) is 6.07 Å². The van der Waals surface area contributed by atoms with Crippen molar-refractivity contribution in [1.82, 2.24) is 0 Å². The summed E-state index contributed by atoms with van der Waals surface area (Å²) < 4.78 is 41.0. The molecule has 8 heteroatoms. The van der Waals surface area contributed by atoms with Crippen LogP contribution in [0.15, 0.2) is 41.3 Å². The maximum Gasteiger partial charge on any atom is 0.240 e. The molecule has 0 saturated heterocycles. The molecule has 0 fully saturated rings. The minimum absolute atomic E-state index is 0.0264. The zero-order valence-electron chi connectivity index (χ0n) is 10.0. The molecule has 0 aliphatic rings. The average molecular weight is 317 g/mol. The number of hydrogen-bond acceptors (Lipinski definition) is 4. The van der Waals surface area contributed by atoms with Crippen LogP contribution in [-0.2, 0) is 10.0 Å². The zero-order valence-corrected chi connectivity index (χ0v) is 11.6. The quantitative estimate of drug-likeness (QED) is 0.850. The van der Waals surface area contributed by atoms with Gasteiger partial charge in [-0.2, -0.15) is 0 Å². The van der Waals surface area contributed by atoms with Crippen molar-refractivity contribution in [2.75, 3.05) is 5.73 Å². The number of primary sulfonamides is 1. The topological polar surface area (TPSA) is 95.4 Å². The number of nitrogens with two attached hydrogens (primary N) is 2. The van der Waals surface area contributed by atoms with Gasteiger partial charge in [-0.3, -0.25) is 0 Å². The second-order valence-corrected chi connectivity index (χ2v) is 5.86. The SMILES string of the molecule is Nc1cc(Oc2ccc(Cl)c(F)c2)ccc1S(N)(=O)=O. The first-order valence-corrected chi connectivity index (χ1v) is 7.25. The highest BCUT2D eigenvalue weighted by Gasteiger charge is 2.13. The van der Waals surface area contributed by atoms with Gasteiger partial charge < -0.3 is 10.5 Å². The van der Waals surface area contributed by atoms with Crippen molar-refractivity contribution in [1.29, 1.82) is 0 Å². The van der Waals surface area contributed by atoms with Crippen LogP contribution in [0.2, 0.25) is 5.02 Å². The summed E-state index contributed by atoms with van der Waals surface area (Å²) in [5, 5.41) is 4.96. The van der Waals surface area contributed by atoms with E-state index < -0.39 is 15.8 Å². The summed E-state index contributed by atoms with van der Waals surface area (Å²) in [4.78, 5) is -0.202. The summed E-state index contributed by atoms with van der Waals surface area (Å²) in [7, 11) is -3.89. The minimum atomic E-state index is -3.89. The van der Waals surface area contributed by atoms with E-state index in [1.54, 1.807) is 0 Å². The number of halogens is 2. The lowest BCUT2D eigenvalue weighted by Gasteiger charge is -2.09. The van der Waals surface area contributed by atoms with Crippen molar-refractivity contribution in [3.8, 4) is 11.5 Å². The summed E-state index contributed by atoms with van der Waals surface area (Å²) in [5.41, 5.74) is 5.52. The van der Waals surface area contributed by atoms with Crippen molar-refractivity contribution in [2.24, 2.45) is 5.14 Å². The van der Waals surface area contributed by atoms with E-state index in [2.05, 4.69) is 0 Å². The number of nitrogen functional groups attached to an aromatic ring is 1. The van der Waals surface area contributed by atoms with E-state index in [9.17, 15) is 12.8 Å². The predicted molar refractivity (Wildman–Crippen MR) is 73.7 cm³/mol. The van der Waals surface area contributed by atoms with Gasteiger partial charge in [0.1, 0.15) is 22.2 Å². The number of anilines is 1. The number of ether oxygens (including phenoxy) is 1. The third kappa shape index (κ3) is 3.19. The van der Waals surface area contributed by atoms with Crippen LogP contribution < -0.4 is 15.6 Å². The molecule has 0 radical (unpaired) electrons. The Hall–Kier alpha value is -1.83. The Labute approximate surface area is 120 Å². The van der Waals surface area contributed by atoms with E-state index >= 15 is 0 Å². The van der Waals surface area contributed by atoms with Gasteiger partial charge in [-0.1, -0.05) is 11.6 Å². The summed E-state index contributed by atoms with van der Waals surface area (Å²) in [6, 6.07) is 7.77. The number of benzene rings is 2. The van der Waals surface area contributed by atoms with E-state index in [4.69, 9.17) is 27.2 Å². The third-order valence-corrected chi connectivity index (χ3v) is 3.71. The van der Waals surface area contributed by atoms with Crippen LogP contribution in [0.5, 0.6) is 11.5 Å². The lowest BCUT2D eigenvalue weighted by molar-refractivity contribution is 0.476. The number of rotatable bonds is 3. The van der Waals surface area contributed by atoms with E-state index in [1.807, 2.05) is 0 Å². The summed E-state index contributed by atoms with van der Waals surface area (Å²) >= 11 is 5.55. The Bertz CT molecular complexity index is 765. The van der Waals surface area contributed by atoms with Crippen LogP contribution in [0, 0.1) is 5.82 Å². The van der Waals surface area contributed by atoms with Gasteiger partial charge in [0.05, 0.1) is 10.7 Å². The van der Waals surface area contributed by atoms with E-state index in [1.165, 1.54) is 30.3 Å². The van der Waals surface area contributed by atoms with Gasteiger partial charge in [0, 0.05) is 12.1 Å². The lowest BCUT2D eigenvalue weighted by Crippen LogP contribution is -2.14. The molecule has 20 heavy (non-hydrogen) atoms. The van der Waals surface area contributed by atoms with Crippen LogP contribution in [-0.4, -0.2) is 8.42 Å². The second-order valence-electron chi connectivity index (χ2n) is 3.92. The van der Waals surface area contributed by atoms with Crippen molar-refractivity contribution in [3.05, 3.63) is 47.2 Å². The minimum Gasteiger partial charge on any atom is -0.457 e. The standard InChI is InChI=1S/C12H10ClFN2O3S/c13-9-3-1-7(5-10(9)14)19-8-2-4-12(11(15)6-8)20(16,17)18/h1-6H,15H2,(H2,16,17,18). The molecule has 4 N–H and O–H groups in total. The fraction of sp³-hybridized carbons (Fsp3) is 0. The Morgan fingerprint density at radius 1 is 1.10 bits per heavy atom. The first-order valence-electron chi connectivity index (χ1n) is 5.32. The van der Waals surface area contributed by atoms with Gasteiger partial charge in [0.2, 0.25) is 10.0 Å². The molecule has 0 unspecified atom stereocenters.